The first-order valence-electron chi connectivity index (χ1n) is 10.2. The number of anilines is 1. The Morgan fingerprint density at radius 1 is 1.19 bits per heavy atom. The topological polar surface area (TPSA) is 77.1 Å². The van der Waals surface area contributed by atoms with E-state index < -0.39 is 23.9 Å². The van der Waals surface area contributed by atoms with E-state index in [0.717, 1.165) is 16.9 Å². The maximum atomic E-state index is 13.3. The van der Waals surface area contributed by atoms with Gasteiger partial charge < -0.3 is 10.2 Å². The van der Waals surface area contributed by atoms with Gasteiger partial charge in [0.2, 0.25) is 0 Å². The monoisotopic (exact) mass is 448 g/mol. The Kier molecular flexibility index (Phi) is 5.57. The number of nitrogens with zero attached hydrogens (tertiary/aromatic N) is 5. The Hall–Kier alpha value is -3.50. The average Bonchev–Trinajstić information content (AvgIpc) is 3.35. The number of rotatable bonds is 3. The van der Waals surface area contributed by atoms with Crippen molar-refractivity contribution in [3.8, 4) is 5.69 Å². The lowest BCUT2D eigenvalue weighted by atomic mass is 10.1. The number of amides is 2. The van der Waals surface area contributed by atoms with E-state index in [9.17, 15) is 22.8 Å². The third-order valence-corrected chi connectivity index (χ3v) is 5.78. The molecule has 1 aliphatic heterocycles. The van der Waals surface area contributed by atoms with Crippen molar-refractivity contribution in [1.29, 1.82) is 0 Å². The van der Waals surface area contributed by atoms with Gasteiger partial charge in [-0.05, 0) is 38.0 Å². The lowest BCUT2D eigenvalue weighted by Gasteiger charge is -2.33. The first-order chi connectivity index (χ1) is 15.2. The molecule has 3 aromatic rings. The second-order valence-corrected chi connectivity index (χ2v) is 7.77. The minimum Gasteiger partial charge on any atom is -0.322 e. The van der Waals surface area contributed by atoms with E-state index in [4.69, 9.17) is 0 Å². The van der Waals surface area contributed by atoms with E-state index in [1.54, 1.807) is 42.9 Å². The number of halogens is 3. The SMILES string of the molecule is Cc1c(NC(=O)N2CCC[C@@H](n3nccc3C(F)(F)F)C2)c(=O)n(-c2ccccc2)n1C. The van der Waals surface area contributed by atoms with Gasteiger partial charge in [-0.1, -0.05) is 18.2 Å². The van der Waals surface area contributed by atoms with E-state index in [2.05, 4.69) is 10.4 Å². The van der Waals surface area contributed by atoms with Crippen LogP contribution in [0.1, 0.15) is 30.3 Å². The molecule has 1 aliphatic rings. The zero-order valence-corrected chi connectivity index (χ0v) is 17.6. The summed E-state index contributed by atoms with van der Waals surface area (Å²) >= 11 is 0. The van der Waals surface area contributed by atoms with Crippen LogP contribution in [0.15, 0.2) is 47.4 Å². The summed E-state index contributed by atoms with van der Waals surface area (Å²) in [5, 5.41) is 6.51. The van der Waals surface area contributed by atoms with Gasteiger partial charge in [0.1, 0.15) is 11.4 Å². The molecule has 8 nitrogen and oxygen atoms in total. The van der Waals surface area contributed by atoms with Crippen molar-refractivity contribution in [3.05, 3.63) is 64.3 Å². The number of hydrogen-bond acceptors (Lipinski definition) is 3. The molecule has 1 atom stereocenters. The molecule has 170 valence electrons. The third-order valence-electron chi connectivity index (χ3n) is 5.78. The van der Waals surface area contributed by atoms with Crippen LogP contribution in [-0.4, -0.2) is 43.2 Å². The maximum absolute atomic E-state index is 13.3. The van der Waals surface area contributed by atoms with Crippen molar-refractivity contribution in [2.45, 2.75) is 32.0 Å². The van der Waals surface area contributed by atoms with Gasteiger partial charge >= 0.3 is 12.2 Å². The number of carbonyl (C=O) groups is 1. The molecule has 11 heteroatoms. The lowest BCUT2D eigenvalue weighted by Crippen LogP contribution is -2.44. The predicted octanol–water partition coefficient (Wildman–Crippen LogP) is 3.57. The molecule has 0 saturated carbocycles. The Bertz CT molecular complexity index is 1180. The fourth-order valence-corrected chi connectivity index (χ4v) is 4.07. The molecular weight excluding hydrogens is 425 g/mol. The molecule has 3 heterocycles. The first kappa shape index (κ1) is 21.7. The van der Waals surface area contributed by atoms with Gasteiger partial charge in [0.15, 0.2) is 0 Å². The molecule has 0 radical (unpaired) electrons. The molecule has 0 unspecified atom stereocenters. The van der Waals surface area contributed by atoms with Gasteiger partial charge in [0.05, 0.1) is 17.4 Å². The summed E-state index contributed by atoms with van der Waals surface area (Å²) in [6.45, 7) is 2.16. The minimum atomic E-state index is -4.52. The van der Waals surface area contributed by atoms with Crippen LogP contribution in [0.25, 0.3) is 5.69 Å². The number of para-hydroxylation sites is 1. The molecule has 0 bridgehead atoms. The lowest BCUT2D eigenvalue weighted by molar-refractivity contribution is -0.145. The van der Waals surface area contributed by atoms with Crippen LogP contribution in [0.5, 0.6) is 0 Å². The molecule has 0 spiro atoms. The summed E-state index contributed by atoms with van der Waals surface area (Å²) < 4.78 is 43.8. The average molecular weight is 448 g/mol. The third kappa shape index (κ3) is 3.90. The number of hydrogen-bond donors (Lipinski definition) is 1. The maximum Gasteiger partial charge on any atom is 0.433 e. The highest BCUT2D eigenvalue weighted by Crippen LogP contribution is 2.33. The van der Waals surface area contributed by atoms with E-state index in [1.807, 2.05) is 6.07 Å². The Balaban J connectivity index is 1.55. The quantitative estimate of drug-likeness (QED) is 0.666. The summed E-state index contributed by atoms with van der Waals surface area (Å²) in [5.41, 5.74) is 0.129. The van der Waals surface area contributed by atoms with Crippen LogP contribution in [0.4, 0.5) is 23.7 Å². The number of aromatic nitrogens is 4. The second kappa shape index (κ2) is 8.21. The van der Waals surface area contributed by atoms with E-state index >= 15 is 0 Å². The Morgan fingerprint density at radius 2 is 1.91 bits per heavy atom. The highest BCUT2D eigenvalue weighted by molar-refractivity contribution is 5.90. The highest BCUT2D eigenvalue weighted by atomic mass is 19.4. The van der Waals surface area contributed by atoms with Gasteiger partial charge in [-0.3, -0.25) is 14.2 Å². The number of benzene rings is 1. The van der Waals surface area contributed by atoms with Crippen LogP contribution in [-0.2, 0) is 13.2 Å². The van der Waals surface area contributed by atoms with E-state index in [-0.39, 0.29) is 17.8 Å². The summed E-state index contributed by atoms with van der Waals surface area (Å²) in [5.74, 6) is 0. The molecule has 1 aromatic carbocycles. The molecule has 32 heavy (non-hydrogen) atoms. The zero-order valence-electron chi connectivity index (χ0n) is 17.6. The standard InChI is InChI=1S/C21H23F3N6O2/c1-14-18(19(31)30(27(14)2)15-7-4-3-5-8-15)26-20(32)28-12-6-9-16(13-28)29-17(10-11-25-29)21(22,23)24/h3-5,7-8,10-11,16H,6,9,12-13H2,1-2H3,(H,26,32)/t16-/m1/s1. The molecule has 0 aliphatic carbocycles. The number of nitrogens with one attached hydrogen (secondary N) is 1. The molecule has 4 rings (SSSR count). The zero-order chi connectivity index (χ0) is 23.0. The van der Waals surface area contributed by atoms with Crippen LogP contribution in [0, 0.1) is 6.92 Å². The van der Waals surface area contributed by atoms with Crippen LogP contribution in [0.3, 0.4) is 0 Å². The molecule has 1 fully saturated rings. The molecule has 1 saturated heterocycles. The summed E-state index contributed by atoms with van der Waals surface area (Å²) in [4.78, 5) is 27.4. The Labute approximate surface area is 181 Å². The van der Waals surface area contributed by atoms with Gasteiger partial charge in [0.25, 0.3) is 5.56 Å². The van der Waals surface area contributed by atoms with Crippen molar-refractivity contribution >= 4 is 11.7 Å². The van der Waals surface area contributed by atoms with Gasteiger partial charge in [-0.2, -0.15) is 18.3 Å². The largest absolute Gasteiger partial charge is 0.433 e. The van der Waals surface area contributed by atoms with Crippen LogP contribution >= 0.6 is 0 Å². The summed E-state index contributed by atoms with van der Waals surface area (Å²) in [7, 11) is 1.71. The number of alkyl halides is 3. The van der Waals surface area contributed by atoms with Crippen molar-refractivity contribution in [2.75, 3.05) is 18.4 Å². The van der Waals surface area contributed by atoms with Crippen molar-refractivity contribution in [1.82, 2.24) is 24.0 Å². The normalized spacial score (nSPS) is 16.9. The molecule has 2 aromatic heterocycles. The highest BCUT2D eigenvalue weighted by Gasteiger charge is 2.38. The summed E-state index contributed by atoms with van der Waals surface area (Å²) in [6.07, 6.45) is -2.41. The van der Waals surface area contributed by atoms with Gasteiger partial charge in [-0.25, -0.2) is 9.48 Å². The smallest absolute Gasteiger partial charge is 0.322 e. The van der Waals surface area contributed by atoms with E-state index in [1.165, 1.54) is 9.58 Å². The second-order valence-electron chi connectivity index (χ2n) is 7.77. The number of carbonyl (C=O) groups excluding carboxylic acids is 1. The van der Waals surface area contributed by atoms with Crippen LogP contribution in [0.2, 0.25) is 0 Å². The van der Waals surface area contributed by atoms with Gasteiger partial charge in [-0.15, -0.1) is 0 Å². The molecule has 2 amide bonds. The Morgan fingerprint density at radius 3 is 2.59 bits per heavy atom. The van der Waals surface area contributed by atoms with Crippen molar-refractivity contribution < 1.29 is 18.0 Å². The van der Waals surface area contributed by atoms with Crippen molar-refractivity contribution in [2.24, 2.45) is 7.05 Å². The fourth-order valence-electron chi connectivity index (χ4n) is 4.07. The summed E-state index contributed by atoms with van der Waals surface area (Å²) in [6, 6.07) is 8.82. The first-order valence-corrected chi connectivity index (χ1v) is 10.2. The van der Waals surface area contributed by atoms with Crippen LogP contribution < -0.4 is 10.9 Å². The number of piperidine rings is 1. The minimum absolute atomic E-state index is 0.0648. The molecule has 1 N–H and O–H groups in total. The fraction of sp³-hybridized carbons (Fsp3) is 0.381. The predicted molar refractivity (Wildman–Crippen MR) is 112 cm³/mol. The van der Waals surface area contributed by atoms with Crippen molar-refractivity contribution in [3.63, 3.8) is 0 Å². The van der Waals surface area contributed by atoms with E-state index in [0.29, 0.717) is 30.8 Å². The number of likely N-dealkylation sites (tertiary alicyclic amines) is 1. The molecular formula is C21H23F3N6O2. The van der Waals surface area contributed by atoms with Gasteiger partial charge in [0, 0.05) is 26.3 Å². The number of urea groups is 1.